The molecule has 3 aromatic heterocycles. The van der Waals surface area contributed by atoms with E-state index >= 15 is 0 Å². The zero-order chi connectivity index (χ0) is 30.4. The topological polar surface area (TPSA) is 137 Å². The number of benzene rings is 1. The van der Waals surface area contributed by atoms with Gasteiger partial charge in [0.15, 0.2) is 0 Å². The summed E-state index contributed by atoms with van der Waals surface area (Å²) in [4.78, 5) is 24.2. The van der Waals surface area contributed by atoms with Crippen LogP contribution in [0.2, 0.25) is 0 Å². The molecule has 5 rings (SSSR count). The normalized spacial score (nSPS) is 15.7. The molecule has 222 valence electrons. The van der Waals surface area contributed by atoms with Crippen LogP contribution in [0.25, 0.3) is 11.3 Å². The third-order valence-electron chi connectivity index (χ3n) is 7.06. The molecular formula is C29H36N8O4S. The number of carbonyl (C=O) groups excluding carboxylic acids is 1. The summed E-state index contributed by atoms with van der Waals surface area (Å²) in [7, 11) is -2.36. The van der Waals surface area contributed by atoms with Gasteiger partial charge in [0, 0.05) is 37.8 Å². The SMILES string of the molecule is Cc1cc(C(=O)N2CCC(Oc3cc(-c4c(C)cccc4C)nc(NS(=O)(=O)c4cnn(C)c4)n3)C2)n(C(C)(C)C)n1. The number of nitrogens with one attached hydrogen (secondary N) is 1. The molecule has 0 bridgehead atoms. The van der Waals surface area contributed by atoms with Gasteiger partial charge < -0.3 is 9.64 Å². The molecule has 1 aromatic carbocycles. The number of nitrogens with zero attached hydrogens (tertiary/aromatic N) is 7. The molecule has 0 radical (unpaired) electrons. The summed E-state index contributed by atoms with van der Waals surface area (Å²) < 4.78 is 38.1. The summed E-state index contributed by atoms with van der Waals surface area (Å²) >= 11 is 0. The van der Waals surface area contributed by atoms with Crippen molar-refractivity contribution in [2.45, 2.75) is 64.5 Å². The minimum Gasteiger partial charge on any atom is -0.472 e. The van der Waals surface area contributed by atoms with Gasteiger partial charge in [-0.3, -0.25) is 14.2 Å². The first-order valence-electron chi connectivity index (χ1n) is 13.7. The van der Waals surface area contributed by atoms with Gasteiger partial charge in [0.25, 0.3) is 15.9 Å². The van der Waals surface area contributed by atoms with E-state index in [1.807, 2.05) is 65.8 Å². The second-order valence-corrected chi connectivity index (χ2v) is 13.4. The van der Waals surface area contributed by atoms with Gasteiger partial charge in [-0.1, -0.05) is 18.2 Å². The molecular weight excluding hydrogens is 556 g/mol. The number of aryl methyl sites for hydroxylation is 4. The zero-order valence-corrected chi connectivity index (χ0v) is 25.7. The minimum absolute atomic E-state index is 0.0109. The van der Waals surface area contributed by atoms with Crippen LogP contribution in [0.4, 0.5) is 5.95 Å². The quantitative estimate of drug-likeness (QED) is 0.342. The predicted octanol–water partition coefficient (Wildman–Crippen LogP) is 3.85. The number of hydrogen-bond donors (Lipinski definition) is 1. The molecule has 1 aliphatic rings. The second kappa shape index (κ2) is 10.9. The molecule has 4 heterocycles. The number of rotatable bonds is 7. The summed E-state index contributed by atoms with van der Waals surface area (Å²) in [5.74, 6) is -0.0219. The van der Waals surface area contributed by atoms with Crippen LogP contribution >= 0.6 is 0 Å². The van der Waals surface area contributed by atoms with E-state index in [-0.39, 0.29) is 34.3 Å². The Balaban J connectivity index is 1.43. The Morgan fingerprint density at radius 1 is 1.10 bits per heavy atom. The average molecular weight is 593 g/mol. The molecule has 1 unspecified atom stereocenters. The van der Waals surface area contributed by atoms with Gasteiger partial charge in [0.05, 0.1) is 29.7 Å². The highest BCUT2D eigenvalue weighted by molar-refractivity contribution is 7.92. The summed E-state index contributed by atoms with van der Waals surface area (Å²) in [5.41, 5.74) is 4.30. The van der Waals surface area contributed by atoms with Gasteiger partial charge in [0.2, 0.25) is 11.8 Å². The van der Waals surface area contributed by atoms with Crippen LogP contribution in [0, 0.1) is 20.8 Å². The van der Waals surface area contributed by atoms with Crippen LogP contribution in [0.3, 0.4) is 0 Å². The fraction of sp³-hybridized carbons (Fsp3) is 0.414. The Morgan fingerprint density at radius 2 is 1.81 bits per heavy atom. The van der Waals surface area contributed by atoms with Gasteiger partial charge in [0.1, 0.15) is 16.7 Å². The predicted molar refractivity (Wildman–Crippen MR) is 158 cm³/mol. The minimum atomic E-state index is -4.00. The molecule has 1 N–H and O–H groups in total. The Morgan fingerprint density at radius 3 is 2.45 bits per heavy atom. The third kappa shape index (κ3) is 6.01. The van der Waals surface area contributed by atoms with Crippen molar-refractivity contribution in [3.63, 3.8) is 0 Å². The van der Waals surface area contributed by atoms with Crippen molar-refractivity contribution in [3.8, 4) is 17.1 Å². The lowest BCUT2D eigenvalue weighted by Gasteiger charge is -2.24. The van der Waals surface area contributed by atoms with E-state index in [0.29, 0.717) is 30.9 Å². The number of sulfonamides is 1. The van der Waals surface area contributed by atoms with E-state index in [2.05, 4.69) is 24.9 Å². The van der Waals surface area contributed by atoms with E-state index in [0.717, 1.165) is 22.4 Å². The lowest BCUT2D eigenvalue weighted by Crippen LogP contribution is -2.35. The Kier molecular flexibility index (Phi) is 7.56. The van der Waals surface area contributed by atoms with Crippen LogP contribution in [-0.2, 0) is 22.6 Å². The van der Waals surface area contributed by atoms with Gasteiger partial charge in [-0.15, -0.1) is 0 Å². The Labute approximate surface area is 245 Å². The monoisotopic (exact) mass is 592 g/mol. The molecule has 0 aliphatic carbocycles. The van der Waals surface area contributed by atoms with Crippen molar-refractivity contribution in [1.82, 2.24) is 34.4 Å². The van der Waals surface area contributed by atoms with Crippen molar-refractivity contribution >= 4 is 21.9 Å². The van der Waals surface area contributed by atoms with E-state index in [1.165, 1.54) is 17.1 Å². The first-order chi connectivity index (χ1) is 19.7. The fourth-order valence-corrected chi connectivity index (χ4v) is 6.03. The molecule has 1 saturated heterocycles. The lowest BCUT2D eigenvalue weighted by molar-refractivity contribution is 0.0751. The summed E-state index contributed by atoms with van der Waals surface area (Å²) in [6.07, 6.45) is 2.90. The van der Waals surface area contributed by atoms with Crippen molar-refractivity contribution < 1.29 is 17.9 Å². The molecule has 4 aromatic rings. The number of hydrogen-bond acceptors (Lipinski definition) is 8. The van der Waals surface area contributed by atoms with Crippen LogP contribution in [0.15, 0.2) is 47.6 Å². The average Bonchev–Trinajstić information content (AvgIpc) is 3.63. The smallest absolute Gasteiger partial charge is 0.272 e. The van der Waals surface area contributed by atoms with Crippen molar-refractivity contribution in [2.24, 2.45) is 7.05 Å². The Hall–Kier alpha value is -4.26. The maximum atomic E-state index is 13.5. The first-order valence-corrected chi connectivity index (χ1v) is 15.2. The van der Waals surface area contributed by atoms with E-state index in [4.69, 9.17) is 4.74 Å². The van der Waals surface area contributed by atoms with E-state index in [1.54, 1.807) is 22.7 Å². The number of aromatic nitrogens is 6. The zero-order valence-electron chi connectivity index (χ0n) is 24.9. The highest BCUT2D eigenvalue weighted by Crippen LogP contribution is 2.30. The van der Waals surface area contributed by atoms with Crippen molar-refractivity contribution in [2.75, 3.05) is 17.8 Å². The number of anilines is 1. The standard InChI is InChI=1S/C29H36N8O4S/c1-18-9-8-10-19(2)26(18)23-14-25(32-28(31-23)34-42(39,40)22-15-30-35(7)17-22)41-21-11-12-36(16-21)27(38)24-13-20(3)33-37(24)29(4,5)6/h8-10,13-15,17,21H,11-12,16H2,1-7H3,(H,31,32,34). The summed E-state index contributed by atoms with van der Waals surface area (Å²) in [5, 5.41) is 8.49. The first kappa shape index (κ1) is 29.2. The third-order valence-corrected chi connectivity index (χ3v) is 8.35. The van der Waals surface area contributed by atoms with Gasteiger partial charge in [-0.2, -0.15) is 15.2 Å². The molecule has 0 spiro atoms. The van der Waals surface area contributed by atoms with Crippen LogP contribution < -0.4 is 9.46 Å². The fourth-order valence-electron chi connectivity index (χ4n) is 5.10. The van der Waals surface area contributed by atoms with Crippen molar-refractivity contribution in [3.05, 3.63) is 65.2 Å². The van der Waals surface area contributed by atoms with Gasteiger partial charge in [-0.05, 0) is 58.7 Å². The highest BCUT2D eigenvalue weighted by Gasteiger charge is 2.32. The van der Waals surface area contributed by atoms with Crippen LogP contribution in [0.1, 0.15) is 54.5 Å². The number of amides is 1. The van der Waals surface area contributed by atoms with E-state index in [9.17, 15) is 13.2 Å². The van der Waals surface area contributed by atoms with Gasteiger partial charge >= 0.3 is 0 Å². The van der Waals surface area contributed by atoms with Crippen LogP contribution in [-0.4, -0.2) is 67.9 Å². The van der Waals surface area contributed by atoms with E-state index < -0.39 is 10.0 Å². The molecule has 13 heteroatoms. The van der Waals surface area contributed by atoms with Crippen LogP contribution in [0.5, 0.6) is 5.88 Å². The Bertz CT molecular complexity index is 1730. The molecule has 1 fully saturated rings. The highest BCUT2D eigenvalue weighted by atomic mass is 32.2. The number of ether oxygens (including phenoxy) is 1. The lowest BCUT2D eigenvalue weighted by atomic mass is 10.00. The number of carbonyl (C=O) groups is 1. The molecule has 0 saturated carbocycles. The maximum Gasteiger partial charge on any atom is 0.272 e. The summed E-state index contributed by atoms with van der Waals surface area (Å²) in [6.45, 7) is 12.7. The number of likely N-dealkylation sites (tertiary alicyclic amines) is 1. The molecule has 42 heavy (non-hydrogen) atoms. The molecule has 1 aliphatic heterocycles. The summed E-state index contributed by atoms with van der Waals surface area (Å²) in [6, 6.07) is 9.41. The van der Waals surface area contributed by atoms with Crippen molar-refractivity contribution in [1.29, 1.82) is 0 Å². The molecule has 1 atom stereocenters. The largest absolute Gasteiger partial charge is 0.472 e. The molecule has 12 nitrogen and oxygen atoms in total. The molecule has 1 amide bonds. The van der Waals surface area contributed by atoms with Gasteiger partial charge in [-0.25, -0.2) is 18.1 Å². The second-order valence-electron chi connectivity index (χ2n) is 11.7. The maximum absolute atomic E-state index is 13.5.